The number of nitrogens with zero attached hydrogens (tertiary/aromatic N) is 1. The molecule has 0 aromatic rings. The van der Waals surface area contributed by atoms with Crippen LogP contribution in [0.4, 0.5) is 4.79 Å². The van der Waals surface area contributed by atoms with Gasteiger partial charge in [0.05, 0.1) is 11.8 Å². The zero-order valence-corrected chi connectivity index (χ0v) is 11.9. The number of hydrogen-bond acceptors (Lipinski definition) is 4. The van der Waals surface area contributed by atoms with Gasteiger partial charge in [0.2, 0.25) is 0 Å². The molecule has 19 heavy (non-hydrogen) atoms. The van der Waals surface area contributed by atoms with Crippen molar-refractivity contribution in [3.05, 3.63) is 11.5 Å². The van der Waals surface area contributed by atoms with Gasteiger partial charge >= 0.3 is 12.0 Å². The number of hydrogen-bond donors (Lipinski definition) is 2. The molecule has 0 fully saturated rings. The second kappa shape index (κ2) is 5.20. The van der Waals surface area contributed by atoms with E-state index in [2.05, 4.69) is 5.32 Å². The number of urea groups is 1. The van der Waals surface area contributed by atoms with E-state index in [0.29, 0.717) is 0 Å². The molecule has 1 unspecified atom stereocenters. The van der Waals surface area contributed by atoms with Crippen molar-refractivity contribution in [3.63, 3.8) is 0 Å². The molecule has 2 amide bonds. The van der Waals surface area contributed by atoms with Crippen molar-refractivity contribution in [1.82, 2.24) is 10.2 Å². The lowest BCUT2D eigenvalue weighted by atomic mass is 10.1. The highest BCUT2D eigenvalue weighted by atomic mass is 32.2. The summed E-state index contributed by atoms with van der Waals surface area (Å²) in [6, 6.07) is -1.21. The van der Waals surface area contributed by atoms with Gasteiger partial charge in [0.1, 0.15) is 6.54 Å². The lowest BCUT2D eigenvalue weighted by Crippen LogP contribution is -2.54. The van der Waals surface area contributed by atoms with Crippen molar-refractivity contribution in [3.8, 4) is 0 Å². The van der Waals surface area contributed by atoms with Crippen LogP contribution < -0.4 is 5.32 Å². The van der Waals surface area contributed by atoms with Gasteiger partial charge in [-0.2, -0.15) is 0 Å². The quantitative estimate of drug-likeness (QED) is 0.772. The first kappa shape index (κ1) is 15.5. The fourth-order valence-electron chi connectivity index (χ4n) is 1.65. The average Bonchev–Trinajstić information content (AvgIpc) is 2.52. The summed E-state index contributed by atoms with van der Waals surface area (Å²) in [5.41, 5.74) is -0.677. The van der Waals surface area contributed by atoms with Crippen molar-refractivity contribution in [2.75, 3.05) is 12.3 Å². The van der Waals surface area contributed by atoms with Crippen LogP contribution in [-0.2, 0) is 14.6 Å². The molecule has 0 saturated heterocycles. The van der Waals surface area contributed by atoms with E-state index in [1.54, 1.807) is 20.8 Å². The molecule has 8 heteroatoms. The van der Waals surface area contributed by atoms with Crippen molar-refractivity contribution in [1.29, 1.82) is 0 Å². The lowest BCUT2D eigenvalue weighted by Gasteiger charge is -2.34. The summed E-state index contributed by atoms with van der Waals surface area (Å²) in [6.45, 7) is 4.67. The van der Waals surface area contributed by atoms with Crippen LogP contribution in [-0.4, -0.2) is 54.3 Å². The number of carbonyl (C=O) groups is 2. The maximum absolute atomic E-state index is 12.0. The van der Waals surface area contributed by atoms with Crippen molar-refractivity contribution in [2.45, 2.75) is 32.4 Å². The van der Waals surface area contributed by atoms with Gasteiger partial charge in [-0.05, 0) is 26.8 Å². The van der Waals surface area contributed by atoms with Crippen LogP contribution in [0.25, 0.3) is 0 Å². The first-order chi connectivity index (χ1) is 8.51. The Hall–Kier alpha value is -1.57. The van der Waals surface area contributed by atoms with Gasteiger partial charge in [0.25, 0.3) is 0 Å². The van der Waals surface area contributed by atoms with E-state index < -0.39 is 40.0 Å². The van der Waals surface area contributed by atoms with Gasteiger partial charge in [-0.15, -0.1) is 0 Å². The standard InChI is InChI=1S/C11H18N2O5S/c1-11(2,3)13(6-9(14)15)10(16)12-8-4-5-19(17,18)7-8/h4-5,8H,6-7H2,1-3H3,(H,12,16)(H,14,15). The number of sulfone groups is 1. The Labute approximate surface area is 112 Å². The Kier molecular flexibility index (Phi) is 4.24. The SMILES string of the molecule is CC(C)(C)N(CC(=O)O)C(=O)NC1C=CS(=O)(=O)C1. The number of carboxylic acids is 1. The number of aliphatic carboxylic acids is 1. The highest BCUT2D eigenvalue weighted by Crippen LogP contribution is 2.14. The van der Waals surface area contributed by atoms with E-state index in [4.69, 9.17) is 5.11 Å². The molecule has 1 atom stereocenters. The third kappa shape index (κ3) is 4.55. The molecular formula is C11H18N2O5S. The molecule has 0 spiro atoms. The third-order valence-electron chi connectivity index (χ3n) is 2.59. The minimum atomic E-state index is -3.26. The van der Waals surface area contributed by atoms with Gasteiger partial charge < -0.3 is 15.3 Å². The predicted molar refractivity (Wildman–Crippen MR) is 69.3 cm³/mol. The molecule has 0 aromatic carbocycles. The van der Waals surface area contributed by atoms with Gasteiger partial charge in [-0.3, -0.25) is 4.79 Å². The van der Waals surface area contributed by atoms with Crippen LogP contribution in [0.1, 0.15) is 20.8 Å². The van der Waals surface area contributed by atoms with Gasteiger partial charge in [-0.1, -0.05) is 0 Å². The Bertz CT molecular complexity index is 504. The molecule has 0 saturated carbocycles. The highest BCUT2D eigenvalue weighted by molar-refractivity contribution is 7.94. The first-order valence-electron chi connectivity index (χ1n) is 5.72. The Morgan fingerprint density at radius 1 is 1.42 bits per heavy atom. The molecule has 1 rings (SSSR count). The van der Waals surface area contributed by atoms with Crippen molar-refractivity contribution < 1.29 is 23.1 Å². The minimum Gasteiger partial charge on any atom is -0.480 e. The molecule has 0 bridgehead atoms. The Morgan fingerprint density at radius 3 is 2.37 bits per heavy atom. The second-order valence-corrected chi connectivity index (χ2v) is 7.30. The van der Waals surface area contributed by atoms with E-state index in [0.717, 1.165) is 10.3 Å². The molecule has 2 N–H and O–H groups in total. The maximum Gasteiger partial charge on any atom is 0.323 e. The smallest absolute Gasteiger partial charge is 0.323 e. The number of amides is 2. The molecule has 1 aliphatic heterocycles. The number of carboxylic acid groups (broad SMARTS) is 1. The van der Waals surface area contributed by atoms with E-state index in [9.17, 15) is 18.0 Å². The van der Waals surface area contributed by atoms with E-state index >= 15 is 0 Å². The van der Waals surface area contributed by atoms with Crippen molar-refractivity contribution in [2.24, 2.45) is 0 Å². The predicted octanol–water partition coefficient (Wildman–Crippen LogP) is 0.192. The fraction of sp³-hybridized carbons (Fsp3) is 0.636. The topological polar surface area (TPSA) is 104 Å². The Balaban J connectivity index is 2.74. The minimum absolute atomic E-state index is 0.191. The summed E-state index contributed by atoms with van der Waals surface area (Å²) in [5, 5.41) is 12.4. The zero-order valence-electron chi connectivity index (χ0n) is 11.1. The summed E-state index contributed by atoms with van der Waals surface area (Å²) in [7, 11) is -3.26. The van der Waals surface area contributed by atoms with Crippen molar-refractivity contribution >= 4 is 21.8 Å². The molecule has 1 aliphatic rings. The number of carbonyl (C=O) groups excluding carboxylic acids is 1. The lowest BCUT2D eigenvalue weighted by molar-refractivity contribution is -0.138. The number of nitrogens with one attached hydrogen (secondary N) is 1. The molecule has 0 aromatic heterocycles. The normalized spacial score (nSPS) is 21.1. The third-order valence-corrected chi connectivity index (χ3v) is 3.98. The summed E-state index contributed by atoms with van der Waals surface area (Å²) >= 11 is 0. The molecule has 0 aliphatic carbocycles. The summed E-state index contributed by atoms with van der Waals surface area (Å²) in [6.07, 6.45) is 1.38. The molecule has 1 heterocycles. The summed E-state index contributed by atoms with van der Waals surface area (Å²) in [5.74, 6) is -1.32. The van der Waals surface area contributed by atoms with E-state index in [1.165, 1.54) is 6.08 Å². The van der Waals surface area contributed by atoms with E-state index in [1.807, 2.05) is 0 Å². The van der Waals surface area contributed by atoms with Crippen LogP contribution in [0.15, 0.2) is 11.5 Å². The largest absolute Gasteiger partial charge is 0.480 e. The van der Waals surface area contributed by atoms with Crippen LogP contribution in [0.2, 0.25) is 0 Å². The van der Waals surface area contributed by atoms with E-state index in [-0.39, 0.29) is 5.75 Å². The molecule has 7 nitrogen and oxygen atoms in total. The monoisotopic (exact) mass is 290 g/mol. The second-order valence-electron chi connectivity index (χ2n) is 5.36. The van der Waals surface area contributed by atoms with Gasteiger partial charge in [0.15, 0.2) is 9.84 Å². The van der Waals surface area contributed by atoms with Crippen LogP contribution in [0.3, 0.4) is 0 Å². The highest BCUT2D eigenvalue weighted by Gasteiger charge is 2.31. The summed E-state index contributed by atoms with van der Waals surface area (Å²) < 4.78 is 22.4. The molecule has 108 valence electrons. The average molecular weight is 290 g/mol. The molecule has 0 radical (unpaired) electrons. The Morgan fingerprint density at radius 2 is 2.00 bits per heavy atom. The first-order valence-corrected chi connectivity index (χ1v) is 7.44. The van der Waals surface area contributed by atoms with Crippen LogP contribution in [0.5, 0.6) is 0 Å². The van der Waals surface area contributed by atoms with Crippen LogP contribution >= 0.6 is 0 Å². The summed E-state index contributed by atoms with van der Waals surface area (Å²) in [4.78, 5) is 23.9. The van der Waals surface area contributed by atoms with Gasteiger partial charge in [-0.25, -0.2) is 13.2 Å². The zero-order chi connectivity index (χ0) is 14.8. The molecular weight excluding hydrogens is 272 g/mol. The number of rotatable bonds is 3. The van der Waals surface area contributed by atoms with Crippen LogP contribution in [0, 0.1) is 0 Å². The fourth-order valence-corrected chi connectivity index (χ4v) is 2.89. The van der Waals surface area contributed by atoms with Gasteiger partial charge in [0, 0.05) is 10.9 Å². The maximum atomic E-state index is 12.0.